The zero-order chi connectivity index (χ0) is 43.8. The lowest BCUT2D eigenvalue weighted by Gasteiger charge is -2.23. The molecule has 3 unspecified atom stereocenters. The summed E-state index contributed by atoms with van der Waals surface area (Å²) in [6.07, 6.45) is 64.3. The van der Waals surface area contributed by atoms with Gasteiger partial charge >= 0.3 is 5.97 Å². The average molecular weight is 830 g/mol. The van der Waals surface area contributed by atoms with Crippen molar-refractivity contribution in [2.45, 2.75) is 200 Å². The molecular formula is C54H87NO5. The van der Waals surface area contributed by atoms with E-state index in [0.717, 1.165) is 57.8 Å². The minimum Gasteiger partial charge on any atom is -0.458 e. The van der Waals surface area contributed by atoms with Gasteiger partial charge in [-0.2, -0.15) is 0 Å². The summed E-state index contributed by atoms with van der Waals surface area (Å²) in [4.78, 5) is 26.0. The lowest BCUT2D eigenvalue weighted by atomic mass is 10.0. The van der Waals surface area contributed by atoms with E-state index in [9.17, 15) is 19.8 Å². The SMILES string of the molecule is CC/C=C/C=C/C=C\C=C/C=C/CCCC(=O)OC(/C=C/C/C=C/C/C=C/C/C=C/C/C=C/CC)CC(=O)NC(CO)C(O)CCCCCCCCCCCCCCCC. The van der Waals surface area contributed by atoms with E-state index in [1.54, 1.807) is 6.08 Å². The lowest BCUT2D eigenvalue weighted by molar-refractivity contribution is -0.148. The average Bonchev–Trinajstić information content (AvgIpc) is 3.24. The molecule has 0 aromatic heterocycles. The Kier molecular flexibility index (Phi) is 43.4. The highest BCUT2D eigenvalue weighted by Gasteiger charge is 2.23. The molecule has 0 aliphatic rings. The summed E-state index contributed by atoms with van der Waals surface area (Å²) < 4.78 is 5.76. The van der Waals surface area contributed by atoms with Crippen molar-refractivity contribution >= 4 is 11.9 Å². The third kappa shape index (κ3) is 41.0. The molecule has 0 saturated heterocycles. The van der Waals surface area contributed by atoms with Gasteiger partial charge in [-0.05, 0) is 63.9 Å². The van der Waals surface area contributed by atoms with Gasteiger partial charge < -0.3 is 20.3 Å². The van der Waals surface area contributed by atoms with Crippen molar-refractivity contribution in [2.75, 3.05) is 6.61 Å². The highest BCUT2D eigenvalue weighted by Crippen LogP contribution is 2.15. The van der Waals surface area contributed by atoms with E-state index in [2.05, 4.69) is 80.8 Å². The summed E-state index contributed by atoms with van der Waals surface area (Å²) >= 11 is 0. The maximum atomic E-state index is 13.1. The van der Waals surface area contributed by atoms with Crippen LogP contribution >= 0.6 is 0 Å². The molecule has 0 aliphatic carbocycles. The number of hydrogen-bond donors (Lipinski definition) is 3. The van der Waals surface area contributed by atoms with Gasteiger partial charge in [0.05, 0.1) is 25.2 Å². The molecule has 3 N–H and O–H groups in total. The molecule has 60 heavy (non-hydrogen) atoms. The van der Waals surface area contributed by atoms with Gasteiger partial charge in [0.1, 0.15) is 6.10 Å². The van der Waals surface area contributed by atoms with Crippen LogP contribution in [0.4, 0.5) is 0 Å². The van der Waals surface area contributed by atoms with Gasteiger partial charge in [-0.25, -0.2) is 0 Å². The predicted molar refractivity (Wildman–Crippen MR) is 259 cm³/mol. The third-order valence-corrected chi connectivity index (χ3v) is 9.91. The van der Waals surface area contributed by atoms with E-state index >= 15 is 0 Å². The van der Waals surface area contributed by atoms with E-state index < -0.39 is 18.2 Å². The van der Waals surface area contributed by atoms with Crippen molar-refractivity contribution in [1.82, 2.24) is 5.32 Å². The number of amides is 1. The summed E-state index contributed by atoms with van der Waals surface area (Å²) in [6.45, 7) is 6.15. The van der Waals surface area contributed by atoms with Crippen molar-refractivity contribution in [3.05, 3.63) is 122 Å². The Balaban J connectivity index is 4.87. The Morgan fingerprint density at radius 1 is 0.533 bits per heavy atom. The second-order valence-corrected chi connectivity index (χ2v) is 15.5. The van der Waals surface area contributed by atoms with Crippen LogP contribution in [0.25, 0.3) is 0 Å². The molecule has 0 bridgehead atoms. The van der Waals surface area contributed by atoms with E-state index in [1.165, 1.54) is 70.6 Å². The highest BCUT2D eigenvalue weighted by molar-refractivity contribution is 5.78. The topological polar surface area (TPSA) is 95.9 Å². The maximum absolute atomic E-state index is 13.1. The Labute approximate surface area is 368 Å². The first kappa shape index (κ1) is 56.3. The van der Waals surface area contributed by atoms with Gasteiger partial charge in [0, 0.05) is 6.42 Å². The molecular weight excluding hydrogens is 743 g/mol. The number of ether oxygens (including phenoxy) is 1. The fourth-order valence-electron chi connectivity index (χ4n) is 6.36. The molecule has 0 fully saturated rings. The number of allylic oxidation sites excluding steroid dienone is 19. The molecule has 0 aliphatic heterocycles. The molecule has 0 saturated carbocycles. The standard InChI is InChI=1S/C54H87NO5/c1-4-7-10-13-16-19-22-25-28-30-33-36-39-42-45-50(60-54(59)47-44-41-38-35-32-27-24-21-18-15-12-9-6-3)48-53(58)55-51(49-56)52(57)46-43-40-37-34-31-29-26-23-20-17-14-11-8-5-2/h7,9-10,12,15-16,18-19,21,24-25,27-28,32-33,35-36,38,42,45,50-52,56-57H,4-6,8,11,13-14,17,20,22-23,26,29-31,34,37,39-41,43-44,46-49H2,1-3H3,(H,55,58)/b10-7+,12-9+,18-15+,19-16+,24-21-,28-25+,32-27-,36-33+,38-35+,45-42+. The van der Waals surface area contributed by atoms with Crippen LogP contribution in [0.1, 0.15) is 181 Å². The molecule has 338 valence electrons. The predicted octanol–water partition coefficient (Wildman–Crippen LogP) is 14.1. The molecule has 6 heteroatoms. The molecule has 0 aromatic rings. The van der Waals surface area contributed by atoms with Crippen molar-refractivity contribution in [3.8, 4) is 0 Å². The molecule has 1 amide bonds. The Hall–Kier alpha value is -3.74. The van der Waals surface area contributed by atoms with Gasteiger partial charge in [0.15, 0.2) is 0 Å². The van der Waals surface area contributed by atoms with Crippen LogP contribution in [-0.4, -0.2) is 46.9 Å². The van der Waals surface area contributed by atoms with Crippen LogP contribution in [0.15, 0.2) is 122 Å². The maximum Gasteiger partial charge on any atom is 0.306 e. The zero-order valence-corrected chi connectivity index (χ0v) is 38.3. The first-order valence-electron chi connectivity index (χ1n) is 23.8. The first-order chi connectivity index (χ1) is 29.5. The number of carbonyl (C=O) groups is 2. The van der Waals surface area contributed by atoms with Gasteiger partial charge in [0.25, 0.3) is 0 Å². The van der Waals surface area contributed by atoms with Crippen molar-refractivity contribution in [2.24, 2.45) is 0 Å². The normalized spacial score (nSPS) is 14.4. The lowest BCUT2D eigenvalue weighted by Crippen LogP contribution is -2.46. The molecule has 0 heterocycles. The van der Waals surface area contributed by atoms with Crippen LogP contribution in [0, 0.1) is 0 Å². The van der Waals surface area contributed by atoms with E-state index in [4.69, 9.17) is 4.74 Å². The fourth-order valence-corrected chi connectivity index (χ4v) is 6.36. The summed E-state index contributed by atoms with van der Waals surface area (Å²) in [5.41, 5.74) is 0. The number of nitrogens with one attached hydrogen (secondary N) is 1. The van der Waals surface area contributed by atoms with Crippen LogP contribution in [-0.2, 0) is 14.3 Å². The van der Waals surface area contributed by atoms with Crippen LogP contribution in [0.5, 0.6) is 0 Å². The number of carbonyl (C=O) groups excluding carboxylic acids is 2. The molecule has 6 nitrogen and oxygen atoms in total. The molecule has 0 aromatic carbocycles. The number of hydrogen-bond acceptors (Lipinski definition) is 5. The fraction of sp³-hybridized carbons (Fsp3) is 0.593. The summed E-state index contributed by atoms with van der Waals surface area (Å²) in [6, 6.07) is -0.764. The van der Waals surface area contributed by atoms with Gasteiger partial charge in [-0.1, -0.05) is 226 Å². The Morgan fingerprint density at radius 2 is 0.983 bits per heavy atom. The molecule has 0 radical (unpaired) electrons. The van der Waals surface area contributed by atoms with Crippen molar-refractivity contribution in [1.29, 1.82) is 0 Å². The number of aliphatic hydroxyl groups excluding tert-OH is 2. The minimum atomic E-state index is -0.838. The first-order valence-corrected chi connectivity index (χ1v) is 23.8. The number of esters is 1. The van der Waals surface area contributed by atoms with E-state index in [0.29, 0.717) is 19.3 Å². The summed E-state index contributed by atoms with van der Waals surface area (Å²) in [7, 11) is 0. The smallest absolute Gasteiger partial charge is 0.306 e. The second kappa shape index (κ2) is 46.3. The monoisotopic (exact) mass is 830 g/mol. The zero-order valence-electron chi connectivity index (χ0n) is 38.3. The quantitative estimate of drug-likeness (QED) is 0.0247. The summed E-state index contributed by atoms with van der Waals surface area (Å²) in [5.74, 6) is -0.731. The van der Waals surface area contributed by atoms with Crippen LogP contribution < -0.4 is 5.32 Å². The minimum absolute atomic E-state index is 0.0825. The van der Waals surface area contributed by atoms with Crippen molar-refractivity contribution in [3.63, 3.8) is 0 Å². The summed E-state index contributed by atoms with van der Waals surface area (Å²) in [5, 5.41) is 23.6. The van der Waals surface area contributed by atoms with E-state index in [1.807, 2.05) is 60.8 Å². The second-order valence-electron chi connectivity index (χ2n) is 15.5. The van der Waals surface area contributed by atoms with Gasteiger partial charge in [-0.15, -0.1) is 0 Å². The number of aliphatic hydroxyl groups is 2. The molecule has 0 rings (SSSR count). The highest BCUT2D eigenvalue weighted by atomic mass is 16.5. The van der Waals surface area contributed by atoms with Crippen LogP contribution in [0.2, 0.25) is 0 Å². The largest absolute Gasteiger partial charge is 0.458 e. The Bertz CT molecular complexity index is 1300. The third-order valence-electron chi connectivity index (χ3n) is 9.91. The van der Waals surface area contributed by atoms with E-state index in [-0.39, 0.29) is 31.3 Å². The number of unbranched alkanes of at least 4 members (excludes halogenated alkanes) is 14. The van der Waals surface area contributed by atoms with Gasteiger partial charge in [-0.3, -0.25) is 9.59 Å². The molecule has 0 spiro atoms. The van der Waals surface area contributed by atoms with Crippen LogP contribution in [0.3, 0.4) is 0 Å². The van der Waals surface area contributed by atoms with Gasteiger partial charge in [0.2, 0.25) is 5.91 Å². The molecule has 3 atom stereocenters. The number of rotatable bonds is 40. The van der Waals surface area contributed by atoms with Crippen molar-refractivity contribution < 1.29 is 24.5 Å². The Morgan fingerprint density at radius 3 is 1.48 bits per heavy atom.